The molecule has 1 nitrogen and oxygen atoms in total. The van der Waals surface area contributed by atoms with Gasteiger partial charge in [0.25, 0.3) is 0 Å². The molecular formula is C36H37N. The van der Waals surface area contributed by atoms with Gasteiger partial charge in [-0.15, -0.1) is 0 Å². The minimum Gasteiger partial charge on any atom is -0.321 e. The minimum atomic E-state index is -0.347. The molecule has 0 bridgehead atoms. The van der Waals surface area contributed by atoms with E-state index in [4.69, 9.17) is 5.73 Å². The van der Waals surface area contributed by atoms with E-state index in [1.54, 1.807) is 0 Å². The molecule has 1 heteroatoms. The van der Waals surface area contributed by atoms with Crippen molar-refractivity contribution in [1.82, 2.24) is 0 Å². The van der Waals surface area contributed by atoms with Gasteiger partial charge in [0, 0.05) is 11.5 Å². The molecule has 0 radical (unpaired) electrons. The van der Waals surface area contributed by atoms with Gasteiger partial charge >= 0.3 is 0 Å². The molecule has 5 rings (SSSR count). The van der Waals surface area contributed by atoms with Crippen LogP contribution in [0.15, 0.2) is 121 Å². The zero-order valence-electron chi connectivity index (χ0n) is 22.0. The van der Waals surface area contributed by atoms with Crippen LogP contribution in [0.1, 0.15) is 61.3 Å². The average molecular weight is 484 g/mol. The van der Waals surface area contributed by atoms with Crippen molar-refractivity contribution in [2.24, 2.45) is 5.73 Å². The van der Waals surface area contributed by atoms with Crippen molar-refractivity contribution in [1.29, 1.82) is 0 Å². The molecule has 0 aliphatic carbocycles. The molecular weight excluding hydrogens is 446 g/mol. The van der Waals surface area contributed by atoms with Gasteiger partial charge < -0.3 is 5.73 Å². The summed E-state index contributed by atoms with van der Waals surface area (Å²) in [7, 11) is 0. The Kier molecular flexibility index (Phi) is 7.53. The summed E-state index contributed by atoms with van der Waals surface area (Å²) in [5, 5.41) is 2.53. The van der Waals surface area contributed by atoms with Crippen LogP contribution in [-0.2, 0) is 12.0 Å². The molecule has 0 fully saturated rings. The van der Waals surface area contributed by atoms with E-state index in [1.165, 1.54) is 44.2 Å². The Morgan fingerprint density at radius 3 is 1.89 bits per heavy atom. The van der Waals surface area contributed by atoms with Crippen molar-refractivity contribution in [3.05, 3.63) is 144 Å². The molecule has 1 unspecified atom stereocenters. The van der Waals surface area contributed by atoms with Gasteiger partial charge in [0.15, 0.2) is 0 Å². The minimum absolute atomic E-state index is 0.347. The summed E-state index contributed by atoms with van der Waals surface area (Å²) in [6, 6.07) is 44.2. The number of nitrogens with two attached hydrogens (primary N) is 1. The highest BCUT2D eigenvalue weighted by Crippen LogP contribution is 2.40. The Hall–Kier alpha value is -3.68. The molecule has 5 aromatic carbocycles. The van der Waals surface area contributed by atoms with Gasteiger partial charge in [-0.25, -0.2) is 0 Å². The zero-order valence-corrected chi connectivity index (χ0v) is 22.0. The fourth-order valence-electron chi connectivity index (χ4n) is 5.68. The Morgan fingerprint density at radius 1 is 0.622 bits per heavy atom. The van der Waals surface area contributed by atoms with Crippen molar-refractivity contribution in [2.75, 3.05) is 0 Å². The zero-order chi connectivity index (χ0) is 25.7. The van der Waals surface area contributed by atoms with Crippen molar-refractivity contribution < 1.29 is 0 Å². The van der Waals surface area contributed by atoms with Crippen LogP contribution >= 0.6 is 0 Å². The number of rotatable bonds is 9. The van der Waals surface area contributed by atoms with E-state index in [2.05, 4.69) is 135 Å². The number of aryl methyl sites for hydroxylation is 1. The normalized spacial score (nSPS) is 12.5. The summed E-state index contributed by atoms with van der Waals surface area (Å²) in [6.45, 7) is 4.39. The van der Waals surface area contributed by atoms with Gasteiger partial charge in [0.1, 0.15) is 0 Å². The van der Waals surface area contributed by atoms with E-state index in [0.717, 1.165) is 25.7 Å². The Morgan fingerprint density at radius 2 is 1.22 bits per heavy atom. The van der Waals surface area contributed by atoms with E-state index in [1.807, 2.05) is 0 Å². The SMILES string of the molecule is CCC(N)(CC)c1ccc2ccccc2c1-c1ccc(C(CCc2ccccc2)c2ccccc2)cc1. The summed E-state index contributed by atoms with van der Waals surface area (Å²) >= 11 is 0. The molecule has 186 valence electrons. The molecule has 0 heterocycles. The maximum atomic E-state index is 7.00. The third-order valence-electron chi connectivity index (χ3n) is 8.10. The maximum absolute atomic E-state index is 7.00. The van der Waals surface area contributed by atoms with Crippen LogP contribution in [0.2, 0.25) is 0 Å². The first-order valence-electron chi connectivity index (χ1n) is 13.6. The van der Waals surface area contributed by atoms with Crippen LogP contribution in [0.5, 0.6) is 0 Å². The standard InChI is InChI=1S/C36H37N/c1-3-36(37,4-2)34-26-24-29-17-11-12-18-33(29)35(34)31-22-20-30(21-23-31)32(28-15-9-6-10-16-28)25-19-27-13-7-5-8-14-27/h5-18,20-24,26,32H,3-4,19,25,37H2,1-2H3. The van der Waals surface area contributed by atoms with Crippen molar-refractivity contribution >= 4 is 10.8 Å². The summed E-state index contributed by atoms with van der Waals surface area (Å²) in [4.78, 5) is 0. The quantitative estimate of drug-likeness (QED) is 0.222. The fraction of sp³-hybridized carbons (Fsp3) is 0.222. The Bertz CT molecular complexity index is 1430. The lowest BCUT2D eigenvalue weighted by Gasteiger charge is -2.31. The molecule has 5 aromatic rings. The van der Waals surface area contributed by atoms with Gasteiger partial charge in [-0.2, -0.15) is 0 Å². The highest BCUT2D eigenvalue weighted by atomic mass is 14.7. The second-order valence-corrected chi connectivity index (χ2v) is 10.2. The van der Waals surface area contributed by atoms with Crippen molar-refractivity contribution in [2.45, 2.75) is 51.0 Å². The summed E-state index contributed by atoms with van der Waals surface area (Å²) in [5.74, 6) is 0.349. The van der Waals surface area contributed by atoms with Crippen LogP contribution < -0.4 is 5.73 Å². The number of hydrogen-bond donors (Lipinski definition) is 1. The smallest absolute Gasteiger partial charge is 0.0410 e. The second kappa shape index (κ2) is 11.2. The lowest BCUT2D eigenvalue weighted by molar-refractivity contribution is 0.414. The molecule has 0 spiro atoms. The van der Waals surface area contributed by atoms with Crippen LogP contribution in [0.4, 0.5) is 0 Å². The molecule has 1 atom stereocenters. The molecule has 0 aliphatic heterocycles. The predicted molar refractivity (Wildman–Crippen MR) is 159 cm³/mol. The highest BCUT2D eigenvalue weighted by molar-refractivity contribution is 5.98. The van der Waals surface area contributed by atoms with E-state index < -0.39 is 0 Å². The van der Waals surface area contributed by atoms with E-state index in [-0.39, 0.29) is 5.54 Å². The third kappa shape index (κ3) is 5.24. The van der Waals surface area contributed by atoms with Crippen LogP contribution in [0.3, 0.4) is 0 Å². The molecule has 0 amide bonds. The highest BCUT2D eigenvalue weighted by Gasteiger charge is 2.27. The van der Waals surface area contributed by atoms with Crippen LogP contribution in [0, 0.1) is 0 Å². The molecule has 2 N–H and O–H groups in total. The lowest BCUT2D eigenvalue weighted by Crippen LogP contribution is -2.35. The van der Waals surface area contributed by atoms with Gasteiger partial charge in [-0.3, -0.25) is 0 Å². The molecule has 0 saturated carbocycles. The molecule has 0 aromatic heterocycles. The molecule has 0 saturated heterocycles. The number of benzene rings is 5. The van der Waals surface area contributed by atoms with Crippen LogP contribution in [-0.4, -0.2) is 0 Å². The van der Waals surface area contributed by atoms with Crippen LogP contribution in [0.25, 0.3) is 21.9 Å². The summed E-state index contributed by atoms with van der Waals surface area (Å²) in [6.07, 6.45) is 3.94. The Labute approximate surface area is 222 Å². The lowest BCUT2D eigenvalue weighted by atomic mass is 9.79. The maximum Gasteiger partial charge on any atom is 0.0410 e. The van der Waals surface area contributed by atoms with Gasteiger partial charge in [-0.05, 0) is 69.8 Å². The summed E-state index contributed by atoms with van der Waals surface area (Å²) in [5.41, 5.74) is 14.5. The van der Waals surface area contributed by atoms with Gasteiger partial charge in [0.2, 0.25) is 0 Å². The van der Waals surface area contributed by atoms with E-state index in [9.17, 15) is 0 Å². The molecule has 0 aliphatic rings. The first-order chi connectivity index (χ1) is 18.1. The summed E-state index contributed by atoms with van der Waals surface area (Å²) < 4.78 is 0. The average Bonchev–Trinajstić information content (AvgIpc) is 2.98. The second-order valence-electron chi connectivity index (χ2n) is 10.2. The van der Waals surface area contributed by atoms with Gasteiger partial charge in [-0.1, -0.05) is 135 Å². The first-order valence-corrected chi connectivity index (χ1v) is 13.6. The van der Waals surface area contributed by atoms with Crippen molar-refractivity contribution in [3.8, 4) is 11.1 Å². The largest absolute Gasteiger partial charge is 0.321 e. The van der Waals surface area contributed by atoms with E-state index >= 15 is 0 Å². The number of fused-ring (bicyclic) bond motifs is 1. The van der Waals surface area contributed by atoms with E-state index in [0.29, 0.717) is 5.92 Å². The first kappa shape index (κ1) is 25.0. The predicted octanol–water partition coefficient (Wildman–Crippen LogP) is 9.25. The third-order valence-corrected chi connectivity index (χ3v) is 8.10. The van der Waals surface area contributed by atoms with Crippen molar-refractivity contribution in [3.63, 3.8) is 0 Å². The fourth-order valence-corrected chi connectivity index (χ4v) is 5.68. The Balaban J connectivity index is 1.56. The van der Waals surface area contributed by atoms with Gasteiger partial charge in [0.05, 0.1) is 0 Å². The topological polar surface area (TPSA) is 26.0 Å². The monoisotopic (exact) mass is 483 g/mol. The number of hydrogen-bond acceptors (Lipinski definition) is 1. The molecule has 37 heavy (non-hydrogen) atoms.